The maximum Gasteiger partial charge on any atom is 0.191 e. The number of hydrogen-bond donors (Lipinski definition) is 2. The van der Waals surface area contributed by atoms with Crippen molar-refractivity contribution in [3.63, 3.8) is 0 Å². The van der Waals surface area contributed by atoms with Gasteiger partial charge in [-0.15, -0.1) is 24.0 Å². The van der Waals surface area contributed by atoms with E-state index in [1.165, 1.54) is 38.8 Å². The summed E-state index contributed by atoms with van der Waals surface area (Å²) in [5, 5.41) is 6.94. The molecule has 6 nitrogen and oxygen atoms in total. The largest absolute Gasteiger partial charge is 0.493 e. The minimum atomic E-state index is 0. The molecule has 1 saturated heterocycles. The topological polar surface area (TPSA) is 58.1 Å². The summed E-state index contributed by atoms with van der Waals surface area (Å²) in [5.41, 5.74) is 1.11. The predicted molar refractivity (Wildman–Crippen MR) is 130 cm³/mol. The summed E-state index contributed by atoms with van der Waals surface area (Å²) in [5.74, 6) is 3.23. The summed E-state index contributed by atoms with van der Waals surface area (Å²) >= 11 is 0. The number of para-hydroxylation sites is 1. The van der Waals surface area contributed by atoms with Crippen LogP contribution < -0.4 is 20.1 Å². The number of hydrogen-bond acceptors (Lipinski definition) is 4. The van der Waals surface area contributed by atoms with Crippen LogP contribution in [0.2, 0.25) is 0 Å². The number of methoxy groups -OCH3 is 1. The number of aliphatic imine (C=N–C) groups is 1. The van der Waals surface area contributed by atoms with Gasteiger partial charge < -0.3 is 25.0 Å². The molecule has 0 amide bonds. The molecule has 0 bridgehead atoms. The van der Waals surface area contributed by atoms with Gasteiger partial charge in [0.05, 0.1) is 13.2 Å². The van der Waals surface area contributed by atoms with Gasteiger partial charge in [0.1, 0.15) is 0 Å². The summed E-state index contributed by atoms with van der Waals surface area (Å²) in [4.78, 5) is 6.79. The number of guanidine groups is 1. The fraction of sp³-hybridized carbons (Fsp3) is 0.682. The Bertz CT molecular complexity index is 642. The van der Waals surface area contributed by atoms with Crippen LogP contribution in [0.3, 0.4) is 0 Å². The summed E-state index contributed by atoms with van der Waals surface area (Å²) < 4.78 is 11.9. The molecular formula is C22H37IN4O2. The van der Waals surface area contributed by atoms with E-state index in [0.717, 1.165) is 42.4 Å². The molecule has 0 radical (unpaired) electrons. The average molecular weight is 516 g/mol. The van der Waals surface area contributed by atoms with Crippen LogP contribution in [0.1, 0.15) is 44.1 Å². The lowest BCUT2D eigenvalue weighted by atomic mass is 9.97. The Morgan fingerprint density at radius 1 is 1.14 bits per heavy atom. The van der Waals surface area contributed by atoms with Crippen LogP contribution in [0.5, 0.6) is 11.5 Å². The van der Waals surface area contributed by atoms with Crippen molar-refractivity contribution in [2.24, 2.45) is 10.9 Å². The van der Waals surface area contributed by atoms with Crippen LogP contribution in [0, 0.1) is 5.92 Å². The molecule has 29 heavy (non-hydrogen) atoms. The first-order chi connectivity index (χ1) is 13.7. The average Bonchev–Trinajstić information content (AvgIpc) is 3.23. The predicted octanol–water partition coefficient (Wildman–Crippen LogP) is 3.64. The molecule has 7 heteroatoms. The van der Waals surface area contributed by atoms with Gasteiger partial charge in [-0.2, -0.15) is 0 Å². The molecule has 2 fully saturated rings. The van der Waals surface area contributed by atoms with E-state index < -0.39 is 0 Å². The maximum atomic E-state index is 6.33. The summed E-state index contributed by atoms with van der Waals surface area (Å²) in [6, 6.07) is 6.09. The van der Waals surface area contributed by atoms with Crippen LogP contribution in [0.4, 0.5) is 0 Å². The Balaban J connectivity index is 0.00000300. The van der Waals surface area contributed by atoms with E-state index in [-0.39, 0.29) is 24.0 Å². The second-order valence-electron chi connectivity index (χ2n) is 8.03. The van der Waals surface area contributed by atoms with E-state index in [1.807, 2.05) is 19.2 Å². The van der Waals surface area contributed by atoms with Crippen molar-refractivity contribution in [2.75, 3.05) is 40.8 Å². The van der Waals surface area contributed by atoms with Gasteiger partial charge in [0.2, 0.25) is 0 Å². The molecule has 3 rings (SSSR count). The van der Waals surface area contributed by atoms with E-state index in [2.05, 4.69) is 33.6 Å². The molecule has 1 aromatic carbocycles. The van der Waals surface area contributed by atoms with Crippen molar-refractivity contribution in [2.45, 2.75) is 51.2 Å². The minimum absolute atomic E-state index is 0. The maximum absolute atomic E-state index is 6.33. The van der Waals surface area contributed by atoms with Crippen LogP contribution in [0.25, 0.3) is 0 Å². The molecule has 1 aliphatic heterocycles. The van der Waals surface area contributed by atoms with Gasteiger partial charge in [0.25, 0.3) is 0 Å². The second-order valence-corrected chi connectivity index (χ2v) is 8.03. The van der Waals surface area contributed by atoms with Gasteiger partial charge in [-0.3, -0.25) is 4.99 Å². The highest BCUT2D eigenvalue weighted by Crippen LogP contribution is 2.34. The van der Waals surface area contributed by atoms with Gasteiger partial charge in [-0.1, -0.05) is 12.1 Å². The smallest absolute Gasteiger partial charge is 0.191 e. The monoisotopic (exact) mass is 516 g/mol. The Kier molecular flexibility index (Phi) is 10.3. The number of halogens is 1. The molecule has 0 spiro atoms. The first-order valence-electron chi connectivity index (χ1n) is 10.6. The van der Waals surface area contributed by atoms with E-state index in [0.29, 0.717) is 18.6 Å². The van der Waals surface area contributed by atoms with Crippen molar-refractivity contribution < 1.29 is 9.47 Å². The molecule has 0 unspecified atom stereocenters. The number of likely N-dealkylation sites (tertiary alicyclic amines) is 1. The zero-order valence-corrected chi connectivity index (χ0v) is 20.4. The molecule has 2 N–H and O–H groups in total. The number of benzene rings is 1. The molecule has 2 aliphatic rings. The number of nitrogens with zero attached hydrogens (tertiary/aromatic N) is 2. The van der Waals surface area contributed by atoms with Gasteiger partial charge in [0, 0.05) is 25.7 Å². The van der Waals surface area contributed by atoms with Crippen molar-refractivity contribution in [1.82, 2.24) is 15.5 Å². The highest BCUT2D eigenvalue weighted by molar-refractivity contribution is 14.0. The van der Waals surface area contributed by atoms with Crippen molar-refractivity contribution in [3.05, 3.63) is 23.8 Å². The van der Waals surface area contributed by atoms with Crippen LogP contribution in [0.15, 0.2) is 23.2 Å². The first-order valence-corrected chi connectivity index (χ1v) is 10.6. The third-order valence-corrected chi connectivity index (χ3v) is 5.93. The number of ether oxygens (including phenoxy) is 2. The lowest BCUT2D eigenvalue weighted by Crippen LogP contribution is -2.42. The lowest BCUT2D eigenvalue weighted by Gasteiger charge is -2.29. The van der Waals surface area contributed by atoms with E-state index in [9.17, 15) is 0 Å². The third-order valence-electron chi connectivity index (χ3n) is 5.93. The third kappa shape index (κ3) is 7.20. The molecular weight excluding hydrogens is 479 g/mol. The van der Waals surface area contributed by atoms with Crippen LogP contribution in [-0.2, 0) is 6.54 Å². The van der Waals surface area contributed by atoms with Crippen LogP contribution in [-0.4, -0.2) is 57.8 Å². The van der Waals surface area contributed by atoms with Crippen molar-refractivity contribution in [1.29, 1.82) is 0 Å². The zero-order chi connectivity index (χ0) is 19.8. The van der Waals surface area contributed by atoms with Gasteiger partial charge in [-0.05, 0) is 70.6 Å². The van der Waals surface area contributed by atoms with Crippen molar-refractivity contribution in [3.8, 4) is 11.5 Å². The molecule has 1 aromatic rings. The summed E-state index contributed by atoms with van der Waals surface area (Å²) in [7, 11) is 5.73. The summed E-state index contributed by atoms with van der Waals surface area (Å²) in [6.45, 7) is 4.00. The van der Waals surface area contributed by atoms with Gasteiger partial charge >= 0.3 is 0 Å². The molecule has 1 aliphatic carbocycles. The summed E-state index contributed by atoms with van der Waals surface area (Å²) in [6.07, 6.45) is 7.56. The molecule has 0 aromatic heterocycles. The van der Waals surface area contributed by atoms with Gasteiger partial charge in [-0.25, -0.2) is 0 Å². The quantitative estimate of drug-likeness (QED) is 0.329. The first kappa shape index (κ1) is 24.1. The van der Waals surface area contributed by atoms with Crippen LogP contribution >= 0.6 is 24.0 Å². The Labute approximate surface area is 192 Å². The molecule has 1 heterocycles. The number of piperidine rings is 1. The Morgan fingerprint density at radius 3 is 2.52 bits per heavy atom. The minimum Gasteiger partial charge on any atom is -0.493 e. The fourth-order valence-corrected chi connectivity index (χ4v) is 4.07. The SMILES string of the molecule is CN=C(NCc1cccc(OC)c1OC1CCCC1)NCC1CCN(C)CC1.I. The molecule has 0 atom stereocenters. The Hall–Kier alpha value is -1.22. The fourth-order valence-electron chi connectivity index (χ4n) is 4.07. The highest BCUT2D eigenvalue weighted by atomic mass is 127. The highest BCUT2D eigenvalue weighted by Gasteiger charge is 2.21. The lowest BCUT2D eigenvalue weighted by molar-refractivity contribution is 0.198. The zero-order valence-electron chi connectivity index (χ0n) is 18.1. The van der Waals surface area contributed by atoms with Crippen molar-refractivity contribution >= 4 is 29.9 Å². The van der Waals surface area contributed by atoms with Gasteiger partial charge in [0.15, 0.2) is 17.5 Å². The molecule has 1 saturated carbocycles. The van der Waals surface area contributed by atoms with E-state index in [4.69, 9.17) is 9.47 Å². The van der Waals surface area contributed by atoms with E-state index in [1.54, 1.807) is 7.11 Å². The number of nitrogens with one attached hydrogen (secondary N) is 2. The second kappa shape index (κ2) is 12.5. The van der Waals surface area contributed by atoms with E-state index >= 15 is 0 Å². The number of rotatable bonds is 7. The Morgan fingerprint density at radius 2 is 1.86 bits per heavy atom. The normalized spacial score (nSPS) is 18.9. The standard InChI is InChI=1S/C22H36N4O2.HI/c1-23-22(24-15-17-11-13-26(2)14-12-17)25-16-18-7-6-10-20(27-3)21(18)28-19-8-4-5-9-19;/h6-7,10,17,19H,4-5,8-9,11-16H2,1-3H3,(H2,23,24,25);1H. The molecule has 164 valence electrons.